The largest absolute Gasteiger partial charge is 0.122 e. The van der Waals surface area contributed by atoms with E-state index >= 15 is 0 Å². The molecule has 0 saturated heterocycles. The van der Waals surface area contributed by atoms with Gasteiger partial charge in [-0.1, -0.05) is 34.1 Å². The minimum Gasteiger partial charge on any atom is -0.122 e. The molecule has 0 nitrogen and oxygen atoms in total. The van der Waals surface area contributed by atoms with E-state index in [1.807, 2.05) is 0 Å². The lowest BCUT2D eigenvalue weighted by Gasteiger charge is -2.45. The first-order valence-electron chi connectivity index (χ1n) is 4.50. The van der Waals surface area contributed by atoms with Gasteiger partial charge in [-0.05, 0) is 23.7 Å². The summed E-state index contributed by atoms with van der Waals surface area (Å²) >= 11 is 6.40. The van der Waals surface area contributed by atoms with Crippen molar-refractivity contribution in [2.24, 2.45) is 10.8 Å². The average molecular weight is 175 g/mol. The Labute approximate surface area is 75.3 Å². The van der Waals surface area contributed by atoms with Crippen LogP contribution in [0, 0.1) is 10.8 Å². The fourth-order valence-corrected chi connectivity index (χ4v) is 2.53. The van der Waals surface area contributed by atoms with E-state index in [2.05, 4.69) is 27.7 Å². The molecule has 0 aromatic rings. The summed E-state index contributed by atoms with van der Waals surface area (Å²) in [7, 11) is 0. The maximum absolute atomic E-state index is 6.40. The van der Waals surface area contributed by atoms with Crippen molar-refractivity contribution in [3.05, 3.63) is 0 Å². The molecule has 0 N–H and O–H groups in total. The summed E-state index contributed by atoms with van der Waals surface area (Å²) in [5, 5.41) is 0.337. The molecule has 0 atom stereocenters. The lowest BCUT2D eigenvalue weighted by atomic mass is 9.65. The molecule has 0 heterocycles. The maximum Gasteiger partial charge on any atom is 0.0438 e. The molecular weight excluding hydrogens is 156 g/mol. The van der Waals surface area contributed by atoms with Gasteiger partial charge in [-0.3, -0.25) is 0 Å². The standard InChI is InChI=1S/C10H19Cl/c1-9(2)6-5-7-10(3,4)8(9)11/h8H,5-7H2,1-4H3. The van der Waals surface area contributed by atoms with Gasteiger partial charge in [-0.2, -0.15) is 0 Å². The molecule has 0 aliphatic heterocycles. The van der Waals surface area contributed by atoms with Crippen molar-refractivity contribution >= 4 is 11.6 Å². The van der Waals surface area contributed by atoms with Gasteiger partial charge in [0.25, 0.3) is 0 Å². The number of rotatable bonds is 0. The molecule has 1 rings (SSSR count). The lowest BCUT2D eigenvalue weighted by molar-refractivity contribution is 0.124. The summed E-state index contributed by atoms with van der Waals surface area (Å²) in [5.41, 5.74) is 0.673. The van der Waals surface area contributed by atoms with Crippen LogP contribution in [0.3, 0.4) is 0 Å². The van der Waals surface area contributed by atoms with Crippen molar-refractivity contribution in [2.75, 3.05) is 0 Å². The SMILES string of the molecule is CC1(C)CCCC(C)(C)C1Cl. The number of alkyl halides is 1. The zero-order chi connectivity index (χ0) is 8.70. The Balaban J connectivity index is 2.76. The van der Waals surface area contributed by atoms with Crippen molar-refractivity contribution in [1.82, 2.24) is 0 Å². The zero-order valence-electron chi connectivity index (χ0n) is 8.08. The summed E-state index contributed by atoms with van der Waals surface area (Å²) < 4.78 is 0. The van der Waals surface area contributed by atoms with Gasteiger partial charge in [-0.15, -0.1) is 11.6 Å². The number of hydrogen-bond acceptors (Lipinski definition) is 0. The molecule has 11 heavy (non-hydrogen) atoms. The van der Waals surface area contributed by atoms with Crippen molar-refractivity contribution in [1.29, 1.82) is 0 Å². The first-order valence-corrected chi connectivity index (χ1v) is 4.94. The molecule has 0 aromatic heterocycles. The summed E-state index contributed by atoms with van der Waals surface area (Å²) in [6.07, 6.45) is 3.90. The van der Waals surface area contributed by atoms with Gasteiger partial charge in [0.05, 0.1) is 0 Å². The molecule has 0 amide bonds. The Kier molecular flexibility index (Phi) is 2.26. The highest BCUT2D eigenvalue weighted by Crippen LogP contribution is 2.48. The molecule has 1 saturated carbocycles. The molecule has 1 fully saturated rings. The molecule has 66 valence electrons. The maximum atomic E-state index is 6.40. The molecule has 0 spiro atoms. The Morgan fingerprint density at radius 3 is 1.64 bits per heavy atom. The second-order valence-electron chi connectivity index (χ2n) is 5.19. The van der Waals surface area contributed by atoms with Crippen LogP contribution in [-0.4, -0.2) is 5.38 Å². The Morgan fingerprint density at radius 2 is 1.36 bits per heavy atom. The van der Waals surface area contributed by atoms with Gasteiger partial charge < -0.3 is 0 Å². The van der Waals surface area contributed by atoms with Crippen LogP contribution in [0.1, 0.15) is 47.0 Å². The van der Waals surface area contributed by atoms with E-state index in [9.17, 15) is 0 Å². The quantitative estimate of drug-likeness (QED) is 0.490. The number of halogens is 1. The van der Waals surface area contributed by atoms with Crippen LogP contribution >= 0.6 is 11.6 Å². The zero-order valence-corrected chi connectivity index (χ0v) is 8.83. The minimum absolute atomic E-state index is 0.337. The highest BCUT2D eigenvalue weighted by molar-refractivity contribution is 6.21. The third-order valence-electron chi connectivity index (χ3n) is 3.01. The normalized spacial score (nSPS) is 30.3. The summed E-state index contributed by atoms with van der Waals surface area (Å²) in [4.78, 5) is 0. The van der Waals surface area contributed by atoms with Crippen molar-refractivity contribution in [3.8, 4) is 0 Å². The van der Waals surface area contributed by atoms with E-state index in [-0.39, 0.29) is 0 Å². The fraction of sp³-hybridized carbons (Fsp3) is 1.00. The van der Waals surface area contributed by atoms with Crippen LogP contribution in [0.15, 0.2) is 0 Å². The molecule has 1 aliphatic carbocycles. The highest BCUT2D eigenvalue weighted by atomic mass is 35.5. The van der Waals surface area contributed by atoms with Gasteiger partial charge in [0, 0.05) is 5.38 Å². The molecule has 1 heteroatoms. The lowest BCUT2D eigenvalue weighted by Crippen LogP contribution is -2.41. The van der Waals surface area contributed by atoms with E-state index in [1.165, 1.54) is 19.3 Å². The van der Waals surface area contributed by atoms with E-state index < -0.39 is 0 Å². The predicted molar refractivity (Wildman–Crippen MR) is 51.1 cm³/mol. The van der Waals surface area contributed by atoms with Gasteiger partial charge in [0.2, 0.25) is 0 Å². The number of hydrogen-bond donors (Lipinski definition) is 0. The fourth-order valence-electron chi connectivity index (χ4n) is 2.31. The van der Waals surface area contributed by atoms with Gasteiger partial charge in [0.1, 0.15) is 0 Å². The third-order valence-corrected chi connectivity index (χ3v) is 4.20. The van der Waals surface area contributed by atoms with Gasteiger partial charge in [-0.25, -0.2) is 0 Å². The van der Waals surface area contributed by atoms with E-state index in [0.29, 0.717) is 16.2 Å². The topological polar surface area (TPSA) is 0 Å². The Hall–Kier alpha value is 0.290. The van der Waals surface area contributed by atoms with Crippen molar-refractivity contribution < 1.29 is 0 Å². The van der Waals surface area contributed by atoms with Crippen LogP contribution < -0.4 is 0 Å². The van der Waals surface area contributed by atoms with Crippen LogP contribution in [-0.2, 0) is 0 Å². The summed E-state index contributed by atoms with van der Waals surface area (Å²) in [6, 6.07) is 0. The monoisotopic (exact) mass is 174 g/mol. The highest BCUT2D eigenvalue weighted by Gasteiger charge is 2.42. The molecule has 0 unspecified atom stereocenters. The second kappa shape index (κ2) is 2.65. The van der Waals surface area contributed by atoms with Crippen LogP contribution in [0.5, 0.6) is 0 Å². The summed E-state index contributed by atoms with van der Waals surface area (Å²) in [6.45, 7) is 9.13. The Morgan fingerprint density at radius 1 is 1.00 bits per heavy atom. The minimum atomic E-state index is 0.337. The first kappa shape index (κ1) is 9.38. The molecule has 1 aliphatic rings. The predicted octanol–water partition coefficient (Wildman–Crippen LogP) is 3.83. The van der Waals surface area contributed by atoms with Crippen molar-refractivity contribution in [3.63, 3.8) is 0 Å². The molecule has 0 radical (unpaired) electrons. The molecule has 0 aromatic carbocycles. The molecular formula is C10H19Cl. The van der Waals surface area contributed by atoms with Gasteiger partial charge in [0.15, 0.2) is 0 Å². The summed E-state index contributed by atoms with van der Waals surface area (Å²) in [5.74, 6) is 0. The van der Waals surface area contributed by atoms with Crippen LogP contribution in [0.25, 0.3) is 0 Å². The van der Waals surface area contributed by atoms with Crippen LogP contribution in [0.4, 0.5) is 0 Å². The molecule has 0 bridgehead atoms. The van der Waals surface area contributed by atoms with Crippen molar-refractivity contribution in [2.45, 2.75) is 52.3 Å². The van der Waals surface area contributed by atoms with E-state index in [0.717, 1.165) is 0 Å². The first-order chi connectivity index (χ1) is 4.86. The van der Waals surface area contributed by atoms with E-state index in [4.69, 9.17) is 11.6 Å². The average Bonchev–Trinajstić information content (AvgIpc) is 1.82. The second-order valence-corrected chi connectivity index (χ2v) is 5.63. The van der Waals surface area contributed by atoms with Gasteiger partial charge >= 0.3 is 0 Å². The smallest absolute Gasteiger partial charge is 0.0438 e. The third kappa shape index (κ3) is 1.72. The van der Waals surface area contributed by atoms with Crippen LogP contribution in [0.2, 0.25) is 0 Å². The van der Waals surface area contributed by atoms with E-state index in [1.54, 1.807) is 0 Å². The Bertz CT molecular complexity index is 131.